The molecule has 0 amide bonds. The lowest BCUT2D eigenvalue weighted by molar-refractivity contribution is 0.669. The number of benzene rings is 12. The summed E-state index contributed by atoms with van der Waals surface area (Å²) in [7, 11) is 0. The van der Waals surface area contributed by atoms with E-state index < -0.39 is 0 Å². The fourth-order valence-electron chi connectivity index (χ4n) is 11.5. The number of rotatable bonds is 11. The average Bonchev–Trinajstić information content (AvgIpc) is 4.28. The Kier molecular flexibility index (Phi) is 11.0. The van der Waals surface area contributed by atoms with Crippen molar-refractivity contribution in [3.8, 4) is 22.3 Å². The van der Waals surface area contributed by atoms with Crippen LogP contribution in [0.2, 0.25) is 0 Å². The minimum Gasteiger partial charge on any atom is -0.456 e. The van der Waals surface area contributed by atoms with Crippen molar-refractivity contribution in [2.45, 2.75) is 0 Å². The molecule has 0 fully saturated rings. The van der Waals surface area contributed by atoms with Gasteiger partial charge in [-0.3, -0.25) is 0 Å². The van der Waals surface area contributed by atoms with Crippen LogP contribution in [0.4, 0.5) is 51.2 Å². The molecule has 0 aliphatic rings. The van der Waals surface area contributed by atoms with E-state index >= 15 is 0 Å². The Bertz CT molecular complexity index is 4490. The number of fused-ring (bicyclic) bond motifs is 9. The van der Waals surface area contributed by atoms with Gasteiger partial charge in [0.15, 0.2) is 0 Å². The second-order valence-corrected chi connectivity index (χ2v) is 20.7. The van der Waals surface area contributed by atoms with Gasteiger partial charge >= 0.3 is 0 Å². The second kappa shape index (κ2) is 18.9. The molecule has 0 N–H and O–H groups in total. The number of nitrogens with zero attached hydrogens (tertiary/aromatic N) is 3. The molecule has 0 bridgehead atoms. The Labute approximate surface area is 454 Å². The zero-order valence-electron chi connectivity index (χ0n) is 42.2. The van der Waals surface area contributed by atoms with Crippen LogP contribution < -0.4 is 14.7 Å². The maximum Gasteiger partial charge on any atom is 0.143 e. The van der Waals surface area contributed by atoms with E-state index in [1.807, 2.05) is 35.6 Å². The summed E-state index contributed by atoms with van der Waals surface area (Å²) in [5.74, 6) is 0. The molecule has 78 heavy (non-hydrogen) atoms. The summed E-state index contributed by atoms with van der Waals surface area (Å²) in [6.45, 7) is 0. The fraction of sp³-hybridized carbons (Fsp3) is 0. The van der Waals surface area contributed by atoms with E-state index in [1.165, 1.54) is 31.3 Å². The molecule has 5 nitrogen and oxygen atoms in total. The Balaban J connectivity index is 0.884. The number of hydrogen-bond donors (Lipinski definition) is 0. The number of furan rings is 2. The fourth-order valence-corrected chi connectivity index (χ4v) is 12.7. The Morgan fingerprint density at radius 3 is 1.28 bits per heavy atom. The van der Waals surface area contributed by atoms with Gasteiger partial charge < -0.3 is 23.5 Å². The molecular formula is C72H47N3O2S. The van der Waals surface area contributed by atoms with Gasteiger partial charge in [-0.15, -0.1) is 11.3 Å². The molecule has 0 saturated heterocycles. The van der Waals surface area contributed by atoms with Gasteiger partial charge in [0.2, 0.25) is 0 Å². The summed E-state index contributed by atoms with van der Waals surface area (Å²) < 4.78 is 15.6. The molecule has 0 saturated carbocycles. The van der Waals surface area contributed by atoms with Crippen LogP contribution in [0.25, 0.3) is 86.3 Å². The van der Waals surface area contributed by atoms with Gasteiger partial charge in [-0.05, 0) is 138 Å². The molecule has 368 valence electrons. The van der Waals surface area contributed by atoms with Crippen LogP contribution in [0.1, 0.15) is 0 Å². The van der Waals surface area contributed by atoms with Crippen molar-refractivity contribution in [1.29, 1.82) is 0 Å². The SMILES string of the molecule is c1ccc(N(c2cccc(-c3cccc4c3oc3ccccc34)c2)c2cccc(N(c3cccc(N(c4ccccc4)c4cccc(-c5cccc6c5sc5ccccc56)c4)c3)c3ccc4oc5ccccc5c4c3)c2)cc1. The van der Waals surface area contributed by atoms with E-state index in [0.29, 0.717) is 0 Å². The smallest absolute Gasteiger partial charge is 0.143 e. The van der Waals surface area contributed by atoms with Gasteiger partial charge in [-0.2, -0.15) is 0 Å². The van der Waals surface area contributed by atoms with Crippen LogP contribution in [-0.2, 0) is 0 Å². The molecule has 0 unspecified atom stereocenters. The number of para-hydroxylation sites is 5. The minimum atomic E-state index is 0.845. The average molecular weight is 1020 g/mol. The van der Waals surface area contributed by atoms with Crippen molar-refractivity contribution in [2.75, 3.05) is 14.7 Å². The van der Waals surface area contributed by atoms with Crippen LogP contribution in [0, 0.1) is 0 Å². The molecule has 0 radical (unpaired) electrons. The van der Waals surface area contributed by atoms with Crippen molar-refractivity contribution >= 4 is 127 Å². The number of anilines is 9. The third-order valence-electron chi connectivity index (χ3n) is 15.0. The van der Waals surface area contributed by atoms with Crippen LogP contribution in [-0.4, -0.2) is 0 Å². The van der Waals surface area contributed by atoms with Crippen LogP contribution in [0.3, 0.4) is 0 Å². The zero-order chi connectivity index (χ0) is 51.5. The summed E-state index contributed by atoms with van der Waals surface area (Å²) in [6, 6.07) is 102. The van der Waals surface area contributed by atoms with Crippen molar-refractivity contribution in [1.82, 2.24) is 0 Å². The first kappa shape index (κ1) is 45.3. The minimum absolute atomic E-state index is 0.845. The Hall–Kier alpha value is -10.1. The predicted octanol–water partition coefficient (Wildman–Crippen LogP) is 21.6. The van der Waals surface area contributed by atoms with E-state index in [2.05, 4.69) is 276 Å². The summed E-state index contributed by atoms with van der Waals surface area (Å²) in [4.78, 5) is 7.09. The third kappa shape index (κ3) is 7.85. The summed E-state index contributed by atoms with van der Waals surface area (Å²) in [5, 5.41) is 6.93. The standard InChI is InChI=1S/C72H47N3O2S/c1-3-21-50(22-4-1)73(52-25-13-19-48(43-52)59-34-17-36-64-61-31-7-11-39-68(61)77-71(59)64)54-27-15-29-56(45-54)75(58-41-42-69-66(47-58)62-32-8-10-38-67(62)76-69)57-30-16-28-55(46-57)74(51-23-5-2-6-24-51)53-26-14-20-49(44-53)60-35-18-37-65-63-33-9-12-40-70(63)78-72(60)65/h1-47H. The van der Waals surface area contributed by atoms with E-state index in [1.54, 1.807) is 0 Å². The topological polar surface area (TPSA) is 36.0 Å². The van der Waals surface area contributed by atoms with E-state index in [0.717, 1.165) is 106 Å². The molecule has 0 aliphatic carbocycles. The van der Waals surface area contributed by atoms with Gasteiger partial charge in [0.05, 0.1) is 0 Å². The molecule has 0 aliphatic heterocycles. The lowest BCUT2D eigenvalue weighted by atomic mass is 10.0. The van der Waals surface area contributed by atoms with Gasteiger partial charge in [-0.25, -0.2) is 0 Å². The number of thiophene rings is 1. The quantitative estimate of drug-likeness (QED) is 0.129. The first-order valence-electron chi connectivity index (χ1n) is 26.3. The molecular weight excluding hydrogens is 971 g/mol. The lowest BCUT2D eigenvalue weighted by Gasteiger charge is -2.31. The van der Waals surface area contributed by atoms with Crippen molar-refractivity contribution in [3.05, 3.63) is 285 Å². The van der Waals surface area contributed by atoms with E-state index in [-0.39, 0.29) is 0 Å². The summed E-state index contributed by atoms with van der Waals surface area (Å²) in [6.07, 6.45) is 0. The Morgan fingerprint density at radius 2 is 0.654 bits per heavy atom. The maximum absolute atomic E-state index is 6.57. The second-order valence-electron chi connectivity index (χ2n) is 19.7. The van der Waals surface area contributed by atoms with Crippen LogP contribution in [0.15, 0.2) is 294 Å². The lowest BCUT2D eigenvalue weighted by Crippen LogP contribution is -2.14. The molecule has 15 aromatic rings. The van der Waals surface area contributed by atoms with Crippen molar-refractivity contribution < 1.29 is 8.83 Å². The predicted molar refractivity (Wildman–Crippen MR) is 329 cm³/mol. The monoisotopic (exact) mass is 1020 g/mol. The van der Waals surface area contributed by atoms with Gasteiger partial charge in [0.1, 0.15) is 22.3 Å². The Morgan fingerprint density at radius 1 is 0.244 bits per heavy atom. The zero-order valence-corrected chi connectivity index (χ0v) is 43.0. The summed E-state index contributed by atoms with van der Waals surface area (Å²) in [5.41, 5.74) is 17.2. The molecule has 12 aromatic carbocycles. The molecule has 6 heteroatoms. The number of hydrogen-bond acceptors (Lipinski definition) is 6. The highest BCUT2D eigenvalue weighted by atomic mass is 32.1. The molecule has 0 spiro atoms. The highest BCUT2D eigenvalue weighted by molar-refractivity contribution is 7.26. The molecule has 3 heterocycles. The van der Waals surface area contributed by atoms with Gasteiger partial charge in [0, 0.05) is 98.5 Å². The van der Waals surface area contributed by atoms with Gasteiger partial charge in [-0.1, -0.05) is 164 Å². The first-order valence-corrected chi connectivity index (χ1v) is 27.1. The highest BCUT2D eigenvalue weighted by Gasteiger charge is 2.23. The molecule has 15 rings (SSSR count). The van der Waals surface area contributed by atoms with Crippen LogP contribution >= 0.6 is 11.3 Å². The van der Waals surface area contributed by atoms with Crippen LogP contribution in [0.5, 0.6) is 0 Å². The largest absolute Gasteiger partial charge is 0.456 e. The first-order chi connectivity index (χ1) is 38.7. The van der Waals surface area contributed by atoms with E-state index in [9.17, 15) is 0 Å². The van der Waals surface area contributed by atoms with E-state index in [4.69, 9.17) is 8.83 Å². The summed E-state index contributed by atoms with van der Waals surface area (Å²) >= 11 is 1.86. The van der Waals surface area contributed by atoms with Gasteiger partial charge in [0.25, 0.3) is 0 Å². The normalized spacial score (nSPS) is 11.6. The maximum atomic E-state index is 6.57. The van der Waals surface area contributed by atoms with Crippen molar-refractivity contribution in [2.24, 2.45) is 0 Å². The molecule has 0 atom stereocenters. The third-order valence-corrected chi connectivity index (χ3v) is 16.2. The highest BCUT2D eigenvalue weighted by Crippen LogP contribution is 2.47. The van der Waals surface area contributed by atoms with Crippen molar-refractivity contribution in [3.63, 3.8) is 0 Å². The molecule has 3 aromatic heterocycles.